The molecule has 1 aromatic carbocycles. The Morgan fingerprint density at radius 2 is 2.05 bits per heavy atom. The van der Waals surface area contributed by atoms with Crippen LogP contribution in [0.1, 0.15) is 24.2 Å². The molecule has 2 N–H and O–H groups in total. The van der Waals surface area contributed by atoms with Gasteiger partial charge in [-0.15, -0.1) is 0 Å². The number of hydrogen-bond donors (Lipinski definition) is 2. The third kappa shape index (κ3) is 4.47. The van der Waals surface area contributed by atoms with E-state index in [1.165, 1.54) is 30.5 Å². The molecule has 0 spiro atoms. The highest BCUT2D eigenvalue weighted by Gasteiger charge is 2.13. The first-order valence-corrected chi connectivity index (χ1v) is 5.55. The number of aliphatic hydroxyl groups is 1. The topological polar surface area (TPSA) is 105 Å². The summed E-state index contributed by atoms with van der Waals surface area (Å²) < 4.78 is 0. The van der Waals surface area contributed by atoms with Crippen molar-refractivity contribution in [1.82, 2.24) is 5.43 Å². The van der Waals surface area contributed by atoms with Crippen molar-refractivity contribution in [2.75, 3.05) is 6.61 Å². The second kappa shape index (κ2) is 6.05. The number of non-ortho nitro benzene ring substituents is 1. The van der Waals surface area contributed by atoms with Gasteiger partial charge in [0.1, 0.15) is 0 Å². The monoisotopic (exact) mass is 265 g/mol. The molecule has 0 saturated heterocycles. The molecule has 0 radical (unpaired) electrons. The minimum Gasteiger partial charge on any atom is -0.395 e. The van der Waals surface area contributed by atoms with Gasteiger partial charge in [0.2, 0.25) is 0 Å². The zero-order chi connectivity index (χ0) is 14.5. The summed E-state index contributed by atoms with van der Waals surface area (Å²) in [5, 5.41) is 23.2. The summed E-state index contributed by atoms with van der Waals surface area (Å²) in [7, 11) is 0. The largest absolute Gasteiger partial charge is 0.395 e. The van der Waals surface area contributed by atoms with Gasteiger partial charge in [0.15, 0.2) is 0 Å². The van der Waals surface area contributed by atoms with E-state index in [0.29, 0.717) is 0 Å². The lowest BCUT2D eigenvalue weighted by atomic mass is 9.97. The van der Waals surface area contributed by atoms with E-state index in [1.54, 1.807) is 13.8 Å². The second-order valence-electron chi connectivity index (χ2n) is 4.65. The molecule has 7 nitrogen and oxygen atoms in total. The van der Waals surface area contributed by atoms with Gasteiger partial charge in [0.05, 0.1) is 11.5 Å². The van der Waals surface area contributed by atoms with E-state index in [4.69, 9.17) is 5.11 Å². The molecule has 0 aliphatic heterocycles. The average Bonchev–Trinajstić information content (AvgIpc) is 2.38. The molecule has 1 aromatic rings. The maximum absolute atomic E-state index is 11.6. The van der Waals surface area contributed by atoms with Crippen LogP contribution in [0.2, 0.25) is 0 Å². The molecule has 0 aromatic heterocycles. The van der Waals surface area contributed by atoms with E-state index < -0.39 is 16.2 Å². The molecule has 1 rings (SSSR count). The van der Waals surface area contributed by atoms with Crippen LogP contribution >= 0.6 is 0 Å². The molecular weight excluding hydrogens is 250 g/mol. The SMILES string of the molecule is CC(C)(/C=N\NC(=O)c1ccc([N+](=O)[O-])cc1)CO. The van der Waals surface area contributed by atoms with Crippen LogP contribution in [0.25, 0.3) is 0 Å². The first-order valence-electron chi connectivity index (χ1n) is 5.55. The second-order valence-corrected chi connectivity index (χ2v) is 4.65. The molecule has 0 saturated carbocycles. The van der Waals surface area contributed by atoms with Crippen LogP contribution < -0.4 is 5.43 Å². The molecule has 0 unspecified atom stereocenters. The van der Waals surface area contributed by atoms with Crippen molar-refractivity contribution in [1.29, 1.82) is 0 Å². The van der Waals surface area contributed by atoms with Gasteiger partial charge in [-0.2, -0.15) is 5.10 Å². The number of hydrazone groups is 1. The number of nitro groups is 1. The Morgan fingerprint density at radius 1 is 1.47 bits per heavy atom. The van der Waals surface area contributed by atoms with Gasteiger partial charge >= 0.3 is 0 Å². The number of benzene rings is 1. The third-order valence-electron chi connectivity index (χ3n) is 2.33. The number of rotatable bonds is 5. The van der Waals surface area contributed by atoms with Crippen LogP contribution in [-0.4, -0.2) is 28.8 Å². The van der Waals surface area contributed by atoms with Crippen molar-refractivity contribution in [2.24, 2.45) is 10.5 Å². The van der Waals surface area contributed by atoms with Crippen molar-refractivity contribution >= 4 is 17.8 Å². The van der Waals surface area contributed by atoms with Crippen molar-refractivity contribution in [3.8, 4) is 0 Å². The molecule has 0 aliphatic rings. The molecule has 0 aliphatic carbocycles. The fraction of sp³-hybridized carbons (Fsp3) is 0.333. The Morgan fingerprint density at radius 3 is 2.53 bits per heavy atom. The number of nitrogens with zero attached hydrogens (tertiary/aromatic N) is 2. The summed E-state index contributed by atoms with van der Waals surface area (Å²) in [5.41, 5.74) is 1.95. The van der Waals surface area contributed by atoms with Crippen LogP contribution in [0.15, 0.2) is 29.4 Å². The zero-order valence-corrected chi connectivity index (χ0v) is 10.7. The van der Waals surface area contributed by atoms with Crippen molar-refractivity contribution < 1.29 is 14.8 Å². The minimum absolute atomic E-state index is 0.0820. The van der Waals surface area contributed by atoms with Gasteiger partial charge in [0.25, 0.3) is 11.6 Å². The van der Waals surface area contributed by atoms with Crippen LogP contribution in [0.4, 0.5) is 5.69 Å². The van der Waals surface area contributed by atoms with Crippen molar-refractivity contribution in [3.63, 3.8) is 0 Å². The number of nitro benzene ring substituents is 1. The Labute approximate surface area is 110 Å². The van der Waals surface area contributed by atoms with Gasteiger partial charge in [-0.05, 0) is 12.1 Å². The van der Waals surface area contributed by atoms with Gasteiger partial charge in [-0.1, -0.05) is 13.8 Å². The van der Waals surface area contributed by atoms with Gasteiger partial charge in [0, 0.05) is 29.3 Å². The number of aliphatic hydroxyl groups excluding tert-OH is 1. The summed E-state index contributed by atoms with van der Waals surface area (Å²) >= 11 is 0. The van der Waals surface area contributed by atoms with Crippen LogP contribution in [-0.2, 0) is 0 Å². The summed E-state index contributed by atoms with van der Waals surface area (Å²) in [6.07, 6.45) is 1.43. The van der Waals surface area contributed by atoms with E-state index in [-0.39, 0.29) is 17.9 Å². The minimum atomic E-state index is -0.538. The number of amides is 1. The normalized spacial score (nSPS) is 11.5. The first-order chi connectivity index (χ1) is 8.85. The Balaban J connectivity index is 2.66. The van der Waals surface area contributed by atoms with E-state index in [1.807, 2.05) is 0 Å². The highest BCUT2D eigenvalue weighted by atomic mass is 16.6. The number of carbonyl (C=O) groups excluding carboxylic acids is 1. The van der Waals surface area contributed by atoms with Crippen molar-refractivity contribution in [2.45, 2.75) is 13.8 Å². The molecule has 1 amide bonds. The maximum atomic E-state index is 11.6. The molecular formula is C12H15N3O4. The van der Waals surface area contributed by atoms with E-state index in [0.717, 1.165) is 0 Å². The molecule has 0 atom stereocenters. The first kappa shape index (κ1) is 14.8. The average molecular weight is 265 g/mol. The Kier molecular flexibility index (Phi) is 4.71. The van der Waals surface area contributed by atoms with E-state index >= 15 is 0 Å². The Bertz CT molecular complexity index is 494. The standard InChI is InChI=1S/C12H15N3O4/c1-12(2,8-16)7-13-14-11(17)9-3-5-10(6-4-9)15(18)19/h3-7,16H,8H2,1-2H3,(H,14,17)/b13-7-. The molecule has 0 bridgehead atoms. The van der Waals surface area contributed by atoms with Crippen LogP contribution in [0.5, 0.6) is 0 Å². The molecule has 19 heavy (non-hydrogen) atoms. The van der Waals surface area contributed by atoms with Gasteiger partial charge < -0.3 is 5.11 Å². The van der Waals surface area contributed by atoms with Crippen LogP contribution in [0, 0.1) is 15.5 Å². The Hall–Kier alpha value is -2.28. The van der Waals surface area contributed by atoms with Gasteiger partial charge in [-0.3, -0.25) is 14.9 Å². The highest BCUT2D eigenvalue weighted by Crippen LogP contribution is 2.12. The quantitative estimate of drug-likeness (QED) is 0.476. The summed E-state index contributed by atoms with van der Waals surface area (Å²) in [5.74, 6) is -0.472. The molecule has 0 heterocycles. The smallest absolute Gasteiger partial charge is 0.271 e. The van der Waals surface area contributed by atoms with E-state index in [2.05, 4.69) is 10.5 Å². The van der Waals surface area contributed by atoms with Crippen LogP contribution in [0.3, 0.4) is 0 Å². The van der Waals surface area contributed by atoms with Crippen molar-refractivity contribution in [3.05, 3.63) is 39.9 Å². The van der Waals surface area contributed by atoms with E-state index in [9.17, 15) is 14.9 Å². The predicted octanol–water partition coefficient (Wildman–Crippen LogP) is 1.33. The number of carbonyl (C=O) groups is 1. The fourth-order valence-electron chi connectivity index (χ4n) is 1.11. The molecule has 102 valence electrons. The summed E-state index contributed by atoms with van der Waals surface area (Å²) in [6, 6.07) is 5.19. The highest BCUT2D eigenvalue weighted by molar-refractivity contribution is 5.94. The molecule has 0 fully saturated rings. The fourth-order valence-corrected chi connectivity index (χ4v) is 1.11. The van der Waals surface area contributed by atoms with Gasteiger partial charge in [-0.25, -0.2) is 5.43 Å². The zero-order valence-electron chi connectivity index (χ0n) is 10.7. The predicted molar refractivity (Wildman–Crippen MR) is 69.9 cm³/mol. The lowest BCUT2D eigenvalue weighted by Crippen LogP contribution is -2.23. The number of nitrogens with one attached hydrogen (secondary N) is 1. The molecule has 7 heteroatoms. The lowest BCUT2D eigenvalue weighted by molar-refractivity contribution is -0.384. The number of hydrogen-bond acceptors (Lipinski definition) is 5. The summed E-state index contributed by atoms with van der Waals surface area (Å²) in [4.78, 5) is 21.6. The summed E-state index contributed by atoms with van der Waals surface area (Å²) in [6.45, 7) is 3.42. The lowest BCUT2D eigenvalue weighted by Gasteiger charge is -2.14. The maximum Gasteiger partial charge on any atom is 0.271 e. The third-order valence-corrected chi connectivity index (χ3v) is 2.33.